The largest absolute Gasteiger partial charge is 0.481 e. The Kier molecular flexibility index (Phi) is 5.02. The lowest BCUT2D eigenvalue weighted by Crippen LogP contribution is -2.32. The number of aliphatic carboxylic acids is 1. The van der Waals surface area contributed by atoms with Crippen molar-refractivity contribution in [2.75, 3.05) is 26.4 Å². The van der Waals surface area contributed by atoms with Gasteiger partial charge in [-0.15, -0.1) is 11.3 Å². The second-order valence-electron chi connectivity index (χ2n) is 5.00. The molecule has 0 aliphatic rings. The summed E-state index contributed by atoms with van der Waals surface area (Å²) in [6, 6.07) is 1.68. The predicted octanol–water partition coefficient (Wildman–Crippen LogP) is 1.76. The fraction of sp³-hybridized carbons (Fsp3) is 0.462. The van der Waals surface area contributed by atoms with Crippen LogP contribution < -0.4 is 5.56 Å². The van der Waals surface area contributed by atoms with Gasteiger partial charge in [-0.1, -0.05) is 11.8 Å². The van der Waals surface area contributed by atoms with Crippen LogP contribution in [0.15, 0.2) is 21.4 Å². The SMILES string of the molecule is CC(CN(C)C)n1c(SCC(=O)O)nc2sccc2c1=O. The summed E-state index contributed by atoms with van der Waals surface area (Å²) in [5.41, 5.74) is -0.108. The molecule has 0 bridgehead atoms. The smallest absolute Gasteiger partial charge is 0.313 e. The minimum Gasteiger partial charge on any atom is -0.481 e. The topological polar surface area (TPSA) is 75.4 Å². The number of rotatable bonds is 6. The number of aromatic nitrogens is 2. The van der Waals surface area contributed by atoms with Gasteiger partial charge in [0.05, 0.1) is 11.1 Å². The maximum absolute atomic E-state index is 12.6. The van der Waals surface area contributed by atoms with Crippen LogP contribution in [0.5, 0.6) is 0 Å². The van der Waals surface area contributed by atoms with Crippen LogP contribution in [-0.2, 0) is 4.79 Å². The molecular formula is C13H17N3O3S2. The first-order chi connectivity index (χ1) is 9.90. The van der Waals surface area contributed by atoms with E-state index in [1.54, 1.807) is 10.6 Å². The number of fused-ring (bicyclic) bond motifs is 1. The highest BCUT2D eigenvalue weighted by Crippen LogP contribution is 2.23. The molecule has 8 heteroatoms. The van der Waals surface area contributed by atoms with E-state index in [4.69, 9.17) is 5.11 Å². The van der Waals surface area contributed by atoms with Crippen LogP contribution in [0.2, 0.25) is 0 Å². The van der Waals surface area contributed by atoms with Crippen LogP contribution >= 0.6 is 23.1 Å². The zero-order valence-corrected chi connectivity index (χ0v) is 13.7. The highest BCUT2D eigenvalue weighted by molar-refractivity contribution is 7.99. The molecule has 2 heterocycles. The minimum atomic E-state index is -0.924. The average Bonchev–Trinajstić information content (AvgIpc) is 2.83. The lowest BCUT2D eigenvalue weighted by atomic mass is 10.3. The van der Waals surface area contributed by atoms with Crippen molar-refractivity contribution in [2.45, 2.75) is 18.1 Å². The Hall–Kier alpha value is -1.38. The van der Waals surface area contributed by atoms with Gasteiger partial charge in [-0.05, 0) is 32.5 Å². The number of nitrogens with zero attached hydrogens (tertiary/aromatic N) is 3. The van der Waals surface area contributed by atoms with Gasteiger partial charge in [0, 0.05) is 12.6 Å². The molecule has 21 heavy (non-hydrogen) atoms. The summed E-state index contributed by atoms with van der Waals surface area (Å²) in [5.74, 6) is -1.04. The van der Waals surface area contributed by atoms with E-state index in [0.717, 1.165) is 11.8 Å². The van der Waals surface area contributed by atoms with Crippen molar-refractivity contribution in [3.63, 3.8) is 0 Å². The molecular weight excluding hydrogens is 310 g/mol. The fourth-order valence-corrected chi connectivity index (χ4v) is 3.76. The number of carboxylic acids is 1. The summed E-state index contributed by atoms with van der Waals surface area (Å²) in [4.78, 5) is 30.5. The van der Waals surface area contributed by atoms with Crippen LogP contribution in [0.25, 0.3) is 10.2 Å². The van der Waals surface area contributed by atoms with Gasteiger partial charge >= 0.3 is 5.97 Å². The van der Waals surface area contributed by atoms with Crippen molar-refractivity contribution in [3.05, 3.63) is 21.8 Å². The quantitative estimate of drug-likeness (QED) is 0.643. The molecule has 114 valence electrons. The van der Waals surface area contributed by atoms with Gasteiger partial charge in [-0.25, -0.2) is 4.98 Å². The van der Waals surface area contributed by atoms with E-state index >= 15 is 0 Å². The van der Waals surface area contributed by atoms with Gasteiger partial charge in [0.2, 0.25) is 0 Å². The van der Waals surface area contributed by atoms with Crippen molar-refractivity contribution in [1.82, 2.24) is 14.5 Å². The lowest BCUT2D eigenvalue weighted by Gasteiger charge is -2.21. The van der Waals surface area contributed by atoms with E-state index in [9.17, 15) is 9.59 Å². The molecule has 0 saturated heterocycles. The Bertz CT molecular complexity index is 708. The number of likely N-dealkylation sites (N-methyl/N-ethyl adjacent to an activating group) is 1. The van der Waals surface area contributed by atoms with Gasteiger partial charge in [0.15, 0.2) is 5.16 Å². The Balaban J connectivity index is 2.51. The monoisotopic (exact) mass is 327 g/mol. The first-order valence-electron chi connectivity index (χ1n) is 6.39. The van der Waals surface area contributed by atoms with Crippen LogP contribution in [0.1, 0.15) is 13.0 Å². The maximum Gasteiger partial charge on any atom is 0.313 e. The van der Waals surface area contributed by atoms with Gasteiger partial charge in [0.25, 0.3) is 5.56 Å². The summed E-state index contributed by atoms with van der Waals surface area (Å²) in [6.45, 7) is 2.62. The molecule has 0 aromatic carbocycles. The normalized spacial score (nSPS) is 13.0. The van der Waals surface area contributed by atoms with Crippen molar-refractivity contribution in [1.29, 1.82) is 0 Å². The fourth-order valence-electron chi connectivity index (χ4n) is 2.13. The second kappa shape index (κ2) is 6.59. The van der Waals surface area contributed by atoms with Crippen molar-refractivity contribution < 1.29 is 9.90 Å². The number of thiophene rings is 1. The highest BCUT2D eigenvalue weighted by Gasteiger charge is 2.18. The van der Waals surface area contributed by atoms with Gasteiger partial charge < -0.3 is 10.0 Å². The molecule has 2 aromatic heterocycles. The zero-order valence-electron chi connectivity index (χ0n) is 12.1. The molecule has 0 aliphatic carbocycles. The van der Waals surface area contributed by atoms with Crippen LogP contribution in [0.4, 0.5) is 0 Å². The van der Waals surface area contributed by atoms with E-state index in [-0.39, 0.29) is 17.4 Å². The molecule has 2 aromatic rings. The number of thioether (sulfide) groups is 1. The molecule has 0 spiro atoms. The molecule has 1 unspecified atom stereocenters. The molecule has 0 fully saturated rings. The number of carbonyl (C=O) groups is 1. The van der Waals surface area contributed by atoms with Crippen molar-refractivity contribution >= 4 is 39.3 Å². The zero-order chi connectivity index (χ0) is 15.6. The van der Waals surface area contributed by atoms with Gasteiger partial charge in [-0.3, -0.25) is 14.2 Å². The summed E-state index contributed by atoms with van der Waals surface area (Å²) in [7, 11) is 3.87. The third-order valence-electron chi connectivity index (χ3n) is 2.89. The highest BCUT2D eigenvalue weighted by atomic mass is 32.2. The second-order valence-corrected chi connectivity index (χ2v) is 6.84. The Morgan fingerprint density at radius 2 is 2.29 bits per heavy atom. The van der Waals surface area contributed by atoms with Crippen LogP contribution in [0, 0.1) is 0 Å². The molecule has 0 amide bonds. The van der Waals surface area contributed by atoms with E-state index < -0.39 is 5.97 Å². The lowest BCUT2D eigenvalue weighted by molar-refractivity contribution is -0.133. The van der Waals surface area contributed by atoms with Gasteiger partial charge in [0.1, 0.15) is 4.83 Å². The molecule has 0 radical (unpaired) electrons. The van der Waals surface area contributed by atoms with Crippen LogP contribution in [-0.4, -0.2) is 51.9 Å². The molecule has 1 N–H and O–H groups in total. The van der Waals surface area contributed by atoms with Crippen LogP contribution in [0.3, 0.4) is 0 Å². The minimum absolute atomic E-state index is 0.0828. The third-order valence-corrected chi connectivity index (χ3v) is 4.64. The molecule has 0 saturated carbocycles. The first kappa shape index (κ1) is 16.0. The Morgan fingerprint density at radius 3 is 2.90 bits per heavy atom. The Morgan fingerprint density at radius 1 is 1.57 bits per heavy atom. The molecule has 1 atom stereocenters. The van der Waals surface area contributed by atoms with E-state index in [0.29, 0.717) is 21.9 Å². The summed E-state index contributed by atoms with van der Waals surface area (Å²) in [5, 5.41) is 11.7. The summed E-state index contributed by atoms with van der Waals surface area (Å²) in [6.07, 6.45) is 0. The van der Waals surface area contributed by atoms with Gasteiger partial charge in [-0.2, -0.15) is 0 Å². The molecule has 0 aliphatic heterocycles. The first-order valence-corrected chi connectivity index (χ1v) is 8.25. The Labute approximate surface area is 130 Å². The number of carboxylic acid groups (broad SMARTS) is 1. The van der Waals surface area contributed by atoms with E-state index in [1.807, 2.05) is 31.3 Å². The maximum atomic E-state index is 12.6. The summed E-state index contributed by atoms with van der Waals surface area (Å²) < 4.78 is 1.60. The van der Waals surface area contributed by atoms with Crippen molar-refractivity contribution in [3.8, 4) is 0 Å². The van der Waals surface area contributed by atoms with E-state index in [2.05, 4.69) is 4.98 Å². The predicted molar refractivity (Wildman–Crippen MR) is 85.5 cm³/mol. The summed E-state index contributed by atoms with van der Waals surface area (Å²) >= 11 is 2.47. The number of hydrogen-bond acceptors (Lipinski definition) is 6. The third kappa shape index (κ3) is 3.63. The standard InChI is InChI=1S/C13H17N3O3S2/c1-8(6-15(2)3)16-12(19)9-4-5-20-11(9)14-13(16)21-7-10(17)18/h4-5,8H,6-7H2,1-3H3,(H,17,18). The average molecular weight is 327 g/mol. The van der Waals surface area contributed by atoms with E-state index in [1.165, 1.54) is 11.3 Å². The number of hydrogen-bond donors (Lipinski definition) is 1. The molecule has 2 rings (SSSR count). The van der Waals surface area contributed by atoms with Crippen molar-refractivity contribution in [2.24, 2.45) is 0 Å². The molecule has 6 nitrogen and oxygen atoms in total.